The van der Waals surface area contributed by atoms with Crippen molar-refractivity contribution >= 4 is 43.1 Å². The zero-order chi connectivity index (χ0) is 14.9. The molecule has 0 spiro atoms. The van der Waals surface area contributed by atoms with Gasteiger partial charge in [0.25, 0.3) is 0 Å². The molecule has 2 rings (SSSR count). The summed E-state index contributed by atoms with van der Waals surface area (Å²) in [5.41, 5.74) is 1.03. The molecule has 2 heterocycles. The third-order valence-corrected chi connectivity index (χ3v) is 5.36. The van der Waals surface area contributed by atoms with Crippen LogP contribution in [0.15, 0.2) is 29.2 Å². The van der Waals surface area contributed by atoms with Gasteiger partial charge in [-0.2, -0.15) is 12.7 Å². The molecule has 0 fully saturated rings. The predicted octanol–water partition coefficient (Wildman–Crippen LogP) is 2.07. The Morgan fingerprint density at radius 2 is 2.15 bits per heavy atom. The van der Waals surface area contributed by atoms with E-state index in [9.17, 15) is 8.42 Å². The van der Waals surface area contributed by atoms with Gasteiger partial charge in [0, 0.05) is 31.9 Å². The Balaban J connectivity index is 2.90. The second kappa shape index (κ2) is 5.55. The molecule has 0 aliphatic heterocycles. The van der Waals surface area contributed by atoms with Crippen molar-refractivity contribution in [2.45, 2.75) is 0 Å². The lowest BCUT2D eigenvalue weighted by Gasteiger charge is -2.15. The molecule has 0 amide bonds. The summed E-state index contributed by atoms with van der Waals surface area (Å²) in [6.45, 7) is 0. The highest BCUT2D eigenvalue weighted by Gasteiger charge is 2.25. The fourth-order valence-electron chi connectivity index (χ4n) is 1.78. The Hall–Kier alpha value is -1.38. The topological polar surface area (TPSA) is 64.4 Å². The van der Waals surface area contributed by atoms with E-state index < -0.39 is 10.2 Å². The summed E-state index contributed by atoms with van der Waals surface area (Å²) in [5, 5.41) is 0.716. The Kier molecular flexibility index (Phi) is 4.17. The fraction of sp³-hybridized carbons (Fsp3) is 0.250. The lowest BCUT2D eigenvalue weighted by atomic mass is 10.3. The highest BCUT2D eigenvalue weighted by atomic mass is 79.9. The minimum Gasteiger partial charge on any atom is -0.504 e. The fourth-order valence-corrected chi connectivity index (χ4v) is 3.64. The summed E-state index contributed by atoms with van der Waals surface area (Å²) >= 11 is 3.42. The third-order valence-electron chi connectivity index (χ3n) is 2.75. The van der Waals surface area contributed by atoms with Crippen LogP contribution < -0.4 is 0 Å². The molecule has 0 aromatic carbocycles. The largest absolute Gasteiger partial charge is 0.504 e. The molecule has 108 valence electrons. The Morgan fingerprint density at radius 3 is 2.75 bits per heavy atom. The lowest BCUT2D eigenvalue weighted by molar-refractivity contribution is 0.341. The van der Waals surface area contributed by atoms with E-state index >= 15 is 0 Å². The van der Waals surface area contributed by atoms with Crippen molar-refractivity contribution in [2.24, 2.45) is 0 Å². The van der Waals surface area contributed by atoms with Crippen molar-refractivity contribution < 1.29 is 13.2 Å². The lowest BCUT2D eigenvalue weighted by Crippen LogP contribution is -2.29. The van der Waals surface area contributed by atoms with Crippen LogP contribution in [-0.4, -0.2) is 42.9 Å². The van der Waals surface area contributed by atoms with Crippen LogP contribution in [0.25, 0.3) is 17.0 Å². The molecule has 2 aromatic rings. The van der Waals surface area contributed by atoms with Gasteiger partial charge in [-0.25, -0.2) is 3.97 Å². The average Bonchev–Trinajstić information content (AvgIpc) is 2.70. The number of hydrogen-bond donors (Lipinski definition) is 0. The molecule has 2 aromatic heterocycles. The van der Waals surface area contributed by atoms with Gasteiger partial charge in [0.2, 0.25) is 0 Å². The van der Waals surface area contributed by atoms with Gasteiger partial charge in [0.15, 0.2) is 0 Å². The number of rotatable bonds is 4. The van der Waals surface area contributed by atoms with Crippen molar-refractivity contribution in [3.8, 4) is 0 Å². The number of hydrogen-bond acceptors (Lipinski definition) is 4. The average molecular weight is 360 g/mol. The van der Waals surface area contributed by atoms with Crippen LogP contribution in [0, 0.1) is 0 Å². The quantitative estimate of drug-likeness (QED) is 0.783. The van der Waals surface area contributed by atoms with Crippen molar-refractivity contribution in [1.82, 2.24) is 13.3 Å². The zero-order valence-corrected chi connectivity index (χ0v) is 13.6. The number of methoxy groups -OCH3 is 1. The molecule has 0 unspecified atom stereocenters. The van der Waals surface area contributed by atoms with Crippen LogP contribution in [0.5, 0.6) is 0 Å². The first-order valence-electron chi connectivity index (χ1n) is 5.67. The molecule has 0 N–H and O–H groups in total. The van der Waals surface area contributed by atoms with E-state index in [1.54, 1.807) is 24.5 Å². The van der Waals surface area contributed by atoms with Crippen LogP contribution in [-0.2, 0) is 14.9 Å². The second-order valence-electron chi connectivity index (χ2n) is 4.19. The number of fused-ring (bicyclic) bond motifs is 1. The van der Waals surface area contributed by atoms with Gasteiger partial charge in [-0.1, -0.05) is 0 Å². The van der Waals surface area contributed by atoms with Crippen molar-refractivity contribution in [2.75, 3.05) is 21.2 Å². The van der Waals surface area contributed by atoms with Crippen molar-refractivity contribution in [3.05, 3.63) is 34.9 Å². The maximum absolute atomic E-state index is 12.5. The molecule has 0 aliphatic rings. The minimum absolute atomic E-state index is 0.476. The standard InChI is InChI=1S/C12H14BrN3O3S/c1-15(2)20(17,18)16-10-4-6-14-8-9(10)12(13)11(16)5-7-19-3/h4-8H,1-3H3/b7-5+. The van der Waals surface area contributed by atoms with Crippen LogP contribution >= 0.6 is 15.9 Å². The predicted molar refractivity (Wildman–Crippen MR) is 81.5 cm³/mol. The normalized spacial score (nSPS) is 12.7. The molecule has 8 heteroatoms. The molecular weight excluding hydrogens is 346 g/mol. The van der Waals surface area contributed by atoms with Gasteiger partial charge in [0.1, 0.15) is 0 Å². The van der Waals surface area contributed by atoms with Gasteiger partial charge in [-0.15, -0.1) is 0 Å². The van der Waals surface area contributed by atoms with Gasteiger partial charge in [0.05, 0.1) is 29.1 Å². The Labute approximate surface area is 126 Å². The first-order valence-corrected chi connectivity index (χ1v) is 7.86. The first-order chi connectivity index (χ1) is 9.41. The van der Waals surface area contributed by atoms with Gasteiger partial charge < -0.3 is 4.74 Å². The van der Waals surface area contributed by atoms with Crippen LogP contribution in [0.1, 0.15) is 5.69 Å². The smallest absolute Gasteiger partial charge is 0.308 e. The zero-order valence-electron chi connectivity index (χ0n) is 11.2. The molecule has 0 atom stereocenters. The monoisotopic (exact) mass is 359 g/mol. The number of halogens is 1. The molecule has 0 radical (unpaired) electrons. The molecule has 20 heavy (non-hydrogen) atoms. The number of pyridine rings is 1. The summed E-state index contributed by atoms with van der Waals surface area (Å²) in [6, 6.07) is 1.66. The Bertz CT molecular complexity index is 766. The maximum atomic E-state index is 12.5. The molecule has 0 saturated carbocycles. The molecule has 0 aliphatic carbocycles. The van der Waals surface area contributed by atoms with Crippen LogP contribution in [0.2, 0.25) is 0 Å². The molecule has 6 nitrogen and oxygen atoms in total. The van der Waals surface area contributed by atoms with Crippen molar-refractivity contribution in [3.63, 3.8) is 0 Å². The van der Waals surface area contributed by atoms with Crippen LogP contribution in [0.3, 0.4) is 0 Å². The van der Waals surface area contributed by atoms with E-state index in [2.05, 4.69) is 20.9 Å². The second-order valence-corrected chi connectivity index (χ2v) is 6.97. The summed E-state index contributed by atoms with van der Waals surface area (Å²) in [6.07, 6.45) is 6.19. The van der Waals surface area contributed by atoms with Crippen molar-refractivity contribution in [1.29, 1.82) is 0 Å². The molecule has 0 bridgehead atoms. The number of nitrogens with zero attached hydrogens (tertiary/aromatic N) is 3. The summed E-state index contributed by atoms with van der Waals surface area (Å²) in [4.78, 5) is 4.03. The summed E-state index contributed by atoms with van der Waals surface area (Å²) in [7, 11) is 0.813. The molecule has 0 saturated heterocycles. The summed E-state index contributed by atoms with van der Waals surface area (Å²) < 4.78 is 33.0. The van der Waals surface area contributed by atoms with Gasteiger partial charge >= 0.3 is 10.2 Å². The van der Waals surface area contributed by atoms with E-state index in [0.29, 0.717) is 21.1 Å². The third kappa shape index (κ3) is 2.34. The van der Waals surface area contributed by atoms with E-state index in [0.717, 1.165) is 4.31 Å². The van der Waals surface area contributed by atoms with E-state index in [-0.39, 0.29) is 0 Å². The maximum Gasteiger partial charge on any atom is 0.308 e. The van der Waals surface area contributed by atoms with E-state index in [1.165, 1.54) is 31.4 Å². The van der Waals surface area contributed by atoms with Crippen LogP contribution in [0.4, 0.5) is 0 Å². The van der Waals surface area contributed by atoms with Gasteiger partial charge in [-0.05, 0) is 28.1 Å². The molecular formula is C12H14BrN3O3S. The Morgan fingerprint density at radius 1 is 1.45 bits per heavy atom. The SMILES string of the molecule is CO/C=C/c1c(Br)c2cnccc2n1S(=O)(=O)N(C)C. The highest BCUT2D eigenvalue weighted by Crippen LogP contribution is 2.33. The minimum atomic E-state index is -3.66. The first kappa shape index (κ1) is 15.0. The summed E-state index contributed by atoms with van der Waals surface area (Å²) in [5.74, 6) is 0. The van der Waals surface area contributed by atoms with E-state index in [4.69, 9.17) is 4.74 Å². The highest BCUT2D eigenvalue weighted by molar-refractivity contribution is 9.10. The van der Waals surface area contributed by atoms with E-state index in [1.807, 2.05) is 0 Å². The number of ether oxygens (including phenoxy) is 1. The van der Waals surface area contributed by atoms with Gasteiger partial charge in [-0.3, -0.25) is 4.98 Å². The number of aromatic nitrogens is 2.